The molecule has 0 saturated carbocycles. The van der Waals surface area contributed by atoms with Crippen LogP contribution < -0.4 is 14.8 Å². The van der Waals surface area contributed by atoms with Gasteiger partial charge in [-0.3, -0.25) is 19.5 Å². The summed E-state index contributed by atoms with van der Waals surface area (Å²) in [4.78, 5) is 35.5. The minimum atomic E-state index is -0.636. The second-order valence-electron chi connectivity index (χ2n) is 9.42. The number of pyridine rings is 1. The van der Waals surface area contributed by atoms with Crippen LogP contribution in [0.1, 0.15) is 52.4 Å². The molecule has 2 aromatic carbocycles. The second-order valence-corrected chi connectivity index (χ2v) is 9.42. The van der Waals surface area contributed by atoms with Gasteiger partial charge in [0.05, 0.1) is 26.2 Å². The maximum absolute atomic E-state index is 13.8. The van der Waals surface area contributed by atoms with Gasteiger partial charge in [-0.05, 0) is 47.9 Å². The number of hydrogen-bond acceptors (Lipinski definition) is 6. The van der Waals surface area contributed by atoms with Crippen molar-refractivity contribution in [3.05, 3.63) is 89.2 Å². The molecule has 38 heavy (non-hydrogen) atoms. The van der Waals surface area contributed by atoms with Gasteiger partial charge in [0.25, 0.3) is 5.91 Å². The topological polar surface area (TPSA) is 84.0 Å². The van der Waals surface area contributed by atoms with E-state index in [1.165, 1.54) is 12.7 Å². The Labute approximate surface area is 224 Å². The van der Waals surface area contributed by atoms with E-state index < -0.39 is 12.0 Å². The molecule has 0 fully saturated rings. The predicted molar refractivity (Wildman–Crippen MR) is 146 cm³/mol. The lowest BCUT2D eigenvalue weighted by molar-refractivity contribution is -0.124. The number of nitrogens with one attached hydrogen (secondary N) is 1. The van der Waals surface area contributed by atoms with Crippen LogP contribution in [-0.4, -0.2) is 67.5 Å². The Morgan fingerprint density at radius 2 is 1.82 bits per heavy atom. The van der Waals surface area contributed by atoms with Crippen LogP contribution in [0.5, 0.6) is 11.5 Å². The van der Waals surface area contributed by atoms with Crippen molar-refractivity contribution in [2.75, 3.05) is 40.9 Å². The molecule has 8 heteroatoms. The molecule has 1 aromatic heterocycles. The van der Waals surface area contributed by atoms with Gasteiger partial charge in [-0.15, -0.1) is 0 Å². The SMILES string of the molecule is CCN(CCCNC(=O)C1c2cc(OC)c(OC)cc2C(=O)N(C)C1c1cccnc1)Cc1ccccc1. The van der Waals surface area contributed by atoms with Crippen molar-refractivity contribution in [1.29, 1.82) is 0 Å². The number of amides is 2. The molecular formula is C30H36N4O4. The van der Waals surface area contributed by atoms with Crippen LogP contribution >= 0.6 is 0 Å². The minimum absolute atomic E-state index is 0.141. The Hall–Kier alpha value is -3.91. The zero-order valence-corrected chi connectivity index (χ0v) is 22.5. The molecule has 1 N–H and O–H groups in total. The highest BCUT2D eigenvalue weighted by Crippen LogP contribution is 2.45. The van der Waals surface area contributed by atoms with Gasteiger partial charge in [0.1, 0.15) is 0 Å². The van der Waals surface area contributed by atoms with E-state index >= 15 is 0 Å². The van der Waals surface area contributed by atoms with Crippen LogP contribution in [0.4, 0.5) is 0 Å². The summed E-state index contributed by atoms with van der Waals surface area (Å²) >= 11 is 0. The molecular weight excluding hydrogens is 480 g/mol. The van der Waals surface area contributed by atoms with Crippen LogP contribution in [0.15, 0.2) is 67.0 Å². The quantitative estimate of drug-likeness (QED) is 0.388. The first-order valence-corrected chi connectivity index (χ1v) is 13.0. The van der Waals surface area contributed by atoms with Crippen molar-refractivity contribution in [3.63, 3.8) is 0 Å². The first-order chi connectivity index (χ1) is 18.5. The molecule has 2 heterocycles. The lowest BCUT2D eigenvalue weighted by Crippen LogP contribution is -2.46. The van der Waals surface area contributed by atoms with Gasteiger partial charge in [-0.25, -0.2) is 0 Å². The third-order valence-electron chi connectivity index (χ3n) is 7.13. The third-order valence-corrected chi connectivity index (χ3v) is 7.13. The van der Waals surface area contributed by atoms with Gasteiger partial charge in [0, 0.05) is 44.6 Å². The van der Waals surface area contributed by atoms with E-state index in [9.17, 15) is 9.59 Å². The Morgan fingerprint density at radius 1 is 1.08 bits per heavy atom. The largest absolute Gasteiger partial charge is 0.493 e. The van der Waals surface area contributed by atoms with Gasteiger partial charge in [-0.2, -0.15) is 0 Å². The van der Waals surface area contributed by atoms with Gasteiger partial charge >= 0.3 is 0 Å². The van der Waals surface area contributed by atoms with Crippen molar-refractivity contribution >= 4 is 11.8 Å². The molecule has 1 aliphatic rings. The number of aromatic nitrogens is 1. The molecule has 2 amide bonds. The van der Waals surface area contributed by atoms with E-state index in [1.54, 1.807) is 43.6 Å². The number of likely N-dealkylation sites (N-methyl/N-ethyl adjacent to an activating group) is 1. The van der Waals surface area contributed by atoms with E-state index in [0.717, 1.165) is 31.6 Å². The summed E-state index contributed by atoms with van der Waals surface area (Å²) in [6.45, 7) is 5.34. The number of benzene rings is 2. The molecule has 0 aliphatic carbocycles. The van der Waals surface area contributed by atoms with E-state index in [-0.39, 0.29) is 11.8 Å². The lowest BCUT2D eigenvalue weighted by Gasteiger charge is -2.40. The fourth-order valence-corrected chi connectivity index (χ4v) is 5.11. The number of carbonyl (C=O) groups is 2. The molecule has 0 radical (unpaired) electrons. The first-order valence-electron chi connectivity index (χ1n) is 13.0. The number of ether oxygens (including phenoxy) is 2. The number of rotatable bonds is 11. The summed E-state index contributed by atoms with van der Waals surface area (Å²) in [5, 5.41) is 3.14. The Morgan fingerprint density at radius 3 is 2.47 bits per heavy atom. The molecule has 1 aliphatic heterocycles. The van der Waals surface area contributed by atoms with E-state index in [4.69, 9.17) is 9.47 Å². The van der Waals surface area contributed by atoms with E-state index in [2.05, 4.69) is 46.4 Å². The molecule has 2 atom stereocenters. The van der Waals surface area contributed by atoms with Crippen LogP contribution in [-0.2, 0) is 11.3 Å². The van der Waals surface area contributed by atoms with E-state index in [1.807, 2.05) is 18.2 Å². The Balaban J connectivity index is 1.55. The zero-order chi connectivity index (χ0) is 27.1. The molecule has 0 saturated heterocycles. The first kappa shape index (κ1) is 27.1. The van der Waals surface area contributed by atoms with Crippen LogP contribution in [0.2, 0.25) is 0 Å². The number of fused-ring (bicyclic) bond motifs is 1. The number of carbonyl (C=O) groups excluding carboxylic acids is 2. The highest BCUT2D eigenvalue weighted by atomic mass is 16.5. The van der Waals surface area contributed by atoms with Crippen LogP contribution in [0.3, 0.4) is 0 Å². The lowest BCUT2D eigenvalue weighted by atomic mass is 9.79. The molecule has 2 unspecified atom stereocenters. The highest BCUT2D eigenvalue weighted by Gasteiger charge is 2.43. The Bertz CT molecular complexity index is 1240. The van der Waals surface area contributed by atoms with Crippen molar-refractivity contribution in [3.8, 4) is 11.5 Å². The fourth-order valence-electron chi connectivity index (χ4n) is 5.11. The smallest absolute Gasteiger partial charge is 0.254 e. The van der Waals surface area contributed by atoms with Crippen molar-refractivity contribution in [2.45, 2.75) is 31.8 Å². The van der Waals surface area contributed by atoms with Crippen molar-refractivity contribution < 1.29 is 19.1 Å². The monoisotopic (exact) mass is 516 g/mol. The normalized spacial score (nSPS) is 16.8. The van der Waals surface area contributed by atoms with Crippen LogP contribution in [0, 0.1) is 0 Å². The maximum Gasteiger partial charge on any atom is 0.254 e. The van der Waals surface area contributed by atoms with Crippen molar-refractivity contribution in [1.82, 2.24) is 20.1 Å². The van der Waals surface area contributed by atoms with Crippen LogP contribution in [0.25, 0.3) is 0 Å². The molecule has 200 valence electrons. The van der Waals surface area contributed by atoms with Gasteiger partial charge < -0.3 is 19.7 Å². The second kappa shape index (κ2) is 12.6. The minimum Gasteiger partial charge on any atom is -0.493 e. The van der Waals surface area contributed by atoms with Crippen molar-refractivity contribution in [2.24, 2.45) is 0 Å². The molecule has 8 nitrogen and oxygen atoms in total. The molecule has 4 rings (SSSR count). The zero-order valence-electron chi connectivity index (χ0n) is 22.5. The van der Waals surface area contributed by atoms with Gasteiger partial charge in [0.15, 0.2) is 11.5 Å². The summed E-state index contributed by atoms with van der Waals surface area (Å²) < 4.78 is 11.0. The summed E-state index contributed by atoms with van der Waals surface area (Å²) in [6.07, 6.45) is 4.20. The molecule has 0 spiro atoms. The highest BCUT2D eigenvalue weighted by molar-refractivity contribution is 6.02. The van der Waals surface area contributed by atoms with Gasteiger partial charge in [-0.1, -0.05) is 43.3 Å². The van der Waals surface area contributed by atoms with E-state index in [0.29, 0.717) is 29.2 Å². The average molecular weight is 517 g/mol. The Kier molecular flexibility index (Phi) is 8.97. The molecule has 0 bridgehead atoms. The summed E-state index contributed by atoms with van der Waals surface area (Å²) in [5.41, 5.74) is 3.12. The third kappa shape index (κ3) is 5.81. The fraction of sp³-hybridized carbons (Fsp3) is 0.367. The van der Waals surface area contributed by atoms with Gasteiger partial charge in [0.2, 0.25) is 5.91 Å². The number of methoxy groups -OCH3 is 2. The molecule has 3 aromatic rings. The predicted octanol–water partition coefficient (Wildman–Crippen LogP) is 4.04. The summed E-state index contributed by atoms with van der Waals surface area (Å²) in [5.74, 6) is -0.0321. The summed E-state index contributed by atoms with van der Waals surface area (Å²) in [7, 11) is 4.80. The number of hydrogen-bond donors (Lipinski definition) is 1. The average Bonchev–Trinajstić information content (AvgIpc) is 2.96. The number of nitrogens with zero attached hydrogens (tertiary/aromatic N) is 3. The standard InChI is InChI=1S/C30H36N4O4/c1-5-34(20-21-11-7-6-8-12-21)16-10-15-32-29(35)27-23-17-25(37-3)26(38-4)18-24(23)30(36)33(2)28(27)22-13-9-14-31-19-22/h6-9,11-14,17-19,27-28H,5,10,15-16,20H2,1-4H3,(H,32,35). The maximum atomic E-state index is 13.8. The summed E-state index contributed by atoms with van der Waals surface area (Å²) in [6, 6.07) is 17.0.